The van der Waals surface area contributed by atoms with E-state index in [1.54, 1.807) is 39.1 Å². The lowest BCUT2D eigenvalue weighted by Gasteiger charge is -2.27. The van der Waals surface area contributed by atoms with Gasteiger partial charge < -0.3 is 20.7 Å². The molecule has 49 heavy (non-hydrogen) atoms. The molecular formula is C34H38N6O7S2. The number of anilines is 1. The maximum atomic E-state index is 13.7. The number of thiazole rings is 1. The Hall–Kier alpha value is -4.86. The number of sulfonamides is 1. The fourth-order valence-electron chi connectivity index (χ4n) is 5.46. The van der Waals surface area contributed by atoms with Gasteiger partial charge in [0, 0.05) is 53.6 Å². The summed E-state index contributed by atoms with van der Waals surface area (Å²) in [6.07, 6.45) is 3.95. The van der Waals surface area contributed by atoms with Crippen LogP contribution >= 0.6 is 11.3 Å². The number of amides is 3. The number of hydrogen-bond acceptors (Lipinski definition) is 9. The van der Waals surface area contributed by atoms with Crippen LogP contribution < -0.4 is 25.4 Å². The zero-order valence-corrected chi connectivity index (χ0v) is 28.9. The maximum Gasteiger partial charge on any atom is 0.412 e. The molecule has 1 saturated carbocycles. The summed E-state index contributed by atoms with van der Waals surface area (Å²) in [6, 6.07) is 19.0. The molecule has 0 aliphatic heterocycles. The third-order valence-corrected chi connectivity index (χ3v) is 10.7. The molecule has 0 unspecified atom stereocenters. The molecule has 0 saturated heterocycles. The van der Waals surface area contributed by atoms with E-state index < -0.39 is 32.6 Å². The van der Waals surface area contributed by atoms with E-state index >= 15 is 0 Å². The molecule has 1 aliphatic rings. The molecule has 0 bridgehead atoms. The van der Waals surface area contributed by atoms with Crippen molar-refractivity contribution in [2.24, 2.45) is 0 Å². The zero-order valence-electron chi connectivity index (χ0n) is 27.3. The van der Waals surface area contributed by atoms with Gasteiger partial charge >= 0.3 is 12.1 Å². The summed E-state index contributed by atoms with van der Waals surface area (Å²) in [6.45, 7) is 5.59. The van der Waals surface area contributed by atoms with Crippen LogP contribution in [0, 0.1) is 10.1 Å². The van der Waals surface area contributed by atoms with Crippen LogP contribution in [0.1, 0.15) is 62.9 Å². The highest BCUT2D eigenvalue weighted by atomic mass is 32.2. The Labute approximate surface area is 288 Å². The molecule has 1 aliphatic carbocycles. The predicted molar refractivity (Wildman–Crippen MR) is 187 cm³/mol. The molecule has 0 radical (unpaired) electrons. The number of hydrogen-bond donors (Lipinski definition) is 4. The predicted octanol–water partition coefficient (Wildman–Crippen LogP) is 6.93. The largest absolute Gasteiger partial charge is 0.412 e. The summed E-state index contributed by atoms with van der Waals surface area (Å²) in [5.41, 5.74) is 0.890. The maximum absolute atomic E-state index is 13.7. The van der Waals surface area contributed by atoms with Gasteiger partial charge in [-0.2, -0.15) is 0 Å². The summed E-state index contributed by atoms with van der Waals surface area (Å²) < 4.78 is 35.3. The molecule has 4 aromatic rings. The van der Waals surface area contributed by atoms with Crippen molar-refractivity contribution in [3.8, 4) is 16.2 Å². The zero-order chi connectivity index (χ0) is 35.2. The van der Waals surface area contributed by atoms with Gasteiger partial charge in [-0.25, -0.2) is 27.7 Å². The first-order valence-electron chi connectivity index (χ1n) is 15.7. The Balaban J connectivity index is 1.24. The molecule has 1 aromatic heterocycles. The van der Waals surface area contributed by atoms with Crippen molar-refractivity contribution in [3.05, 3.63) is 99.7 Å². The number of nitrogens with one attached hydrogen (secondary N) is 4. The fraction of sp³-hybridized carbons (Fsp3) is 0.324. The number of rotatable bonds is 10. The van der Waals surface area contributed by atoms with E-state index in [1.807, 2.05) is 30.3 Å². The number of nitrogens with zero attached hydrogens (tertiary/aromatic N) is 2. The number of carbonyl (C=O) groups excluding carboxylic acids is 2. The number of carbonyl (C=O) groups is 2. The first-order chi connectivity index (χ1) is 23.3. The lowest BCUT2D eigenvalue weighted by atomic mass is 9.86. The summed E-state index contributed by atoms with van der Waals surface area (Å²) in [5, 5.41) is 20.1. The standard InChI is InChI=1S/C34H38N6O7S2/c1-34(2,3)39-49(45,46)30-19-25(37-32(41)36-20-22-7-5-4-6-8-22)13-18-28(30)29-21-35-31(48-29)23-9-11-24(12-10-23)38-33(42)47-27-16-14-26(15-17-27)40(43)44/h4-8,13-19,21,23-24,39H,9-12,20H2,1-3H3,(H,38,42)(H2,36,37,41)/t23-,24-. The first kappa shape index (κ1) is 35.4. The molecule has 4 N–H and O–H groups in total. The van der Waals surface area contributed by atoms with E-state index in [9.17, 15) is 28.1 Å². The minimum Gasteiger partial charge on any atom is -0.410 e. The van der Waals surface area contributed by atoms with Crippen LogP contribution in [0.15, 0.2) is 83.9 Å². The first-order valence-corrected chi connectivity index (χ1v) is 18.0. The van der Waals surface area contributed by atoms with Crippen molar-refractivity contribution in [1.82, 2.24) is 20.3 Å². The summed E-state index contributed by atoms with van der Waals surface area (Å²) in [7, 11) is -4.00. The summed E-state index contributed by atoms with van der Waals surface area (Å²) in [5.74, 6) is 0.339. The van der Waals surface area contributed by atoms with Gasteiger partial charge in [-0.1, -0.05) is 36.4 Å². The van der Waals surface area contributed by atoms with E-state index in [-0.39, 0.29) is 28.3 Å². The van der Waals surface area contributed by atoms with Crippen molar-refractivity contribution < 1.29 is 27.7 Å². The van der Waals surface area contributed by atoms with Crippen molar-refractivity contribution in [2.45, 2.75) is 75.4 Å². The minimum atomic E-state index is -4.00. The SMILES string of the molecule is CC(C)(C)NS(=O)(=O)c1cc(NC(=O)NCc2ccccc2)ccc1-c1cnc([C@H]2CC[C@H](NC(=O)Oc3ccc([N+](=O)[O-])cc3)CC2)s1. The topological polar surface area (TPSA) is 182 Å². The molecule has 258 valence electrons. The smallest absolute Gasteiger partial charge is 0.410 e. The van der Waals surface area contributed by atoms with E-state index in [2.05, 4.69) is 25.7 Å². The molecule has 5 rings (SSSR count). The number of benzene rings is 3. The van der Waals surface area contributed by atoms with Crippen LogP contribution in [0.2, 0.25) is 0 Å². The molecule has 15 heteroatoms. The van der Waals surface area contributed by atoms with Gasteiger partial charge in [0.25, 0.3) is 5.69 Å². The third-order valence-electron chi connectivity index (χ3n) is 7.71. The van der Waals surface area contributed by atoms with Crippen LogP contribution in [0.4, 0.5) is 21.0 Å². The van der Waals surface area contributed by atoms with Gasteiger partial charge in [-0.15, -0.1) is 11.3 Å². The number of aromatic nitrogens is 1. The van der Waals surface area contributed by atoms with Crippen LogP contribution in [-0.2, 0) is 16.6 Å². The highest BCUT2D eigenvalue weighted by Gasteiger charge is 2.29. The van der Waals surface area contributed by atoms with Gasteiger partial charge in [-0.3, -0.25) is 10.1 Å². The van der Waals surface area contributed by atoms with Gasteiger partial charge in [0.15, 0.2) is 0 Å². The van der Waals surface area contributed by atoms with Gasteiger partial charge in [0.05, 0.1) is 19.7 Å². The second kappa shape index (κ2) is 15.1. The van der Waals surface area contributed by atoms with E-state index in [0.29, 0.717) is 35.5 Å². The van der Waals surface area contributed by atoms with Crippen molar-refractivity contribution in [3.63, 3.8) is 0 Å². The average Bonchev–Trinajstić information content (AvgIpc) is 3.54. The fourth-order valence-corrected chi connectivity index (χ4v) is 8.32. The Kier molecular flexibility index (Phi) is 11.0. The number of urea groups is 1. The Morgan fingerprint density at radius 3 is 2.35 bits per heavy atom. The molecule has 0 atom stereocenters. The molecule has 13 nitrogen and oxygen atoms in total. The number of ether oxygens (including phenoxy) is 1. The lowest BCUT2D eigenvalue weighted by molar-refractivity contribution is -0.384. The Morgan fingerprint density at radius 1 is 1.00 bits per heavy atom. The lowest BCUT2D eigenvalue weighted by Crippen LogP contribution is -2.40. The highest BCUT2D eigenvalue weighted by molar-refractivity contribution is 7.89. The molecular weight excluding hydrogens is 669 g/mol. The quantitative estimate of drug-likeness (QED) is 0.101. The van der Waals surface area contributed by atoms with Gasteiger partial charge in [0.1, 0.15) is 5.75 Å². The minimum absolute atomic E-state index is 0.0259. The third kappa shape index (κ3) is 9.84. The van der Waals surface area contributed by atoms with Gasteiger partial charge in [-0.05, 0) is 76.3 Å². The second-order valence-corrected chi connectivity index (χ2v) is 15.5. The average molecular weight is 707 g/mol. The molecule has 1 heterocycles. The number of non-ortho nitro benzene ring substituents is 1. The molecule has 3 amide bonds. The summed E-state index contributed by atoms with van der Waals surface area (Å²) >= 11 is 1.42. The van der Waals surface area contributed by atoms with Gasteiger partial charge in [0.2, 0.25) is 10.0 Å². The Morgan fingerprint density at radius 2 is 1.69 bits per heavy atom. The second-order valence-electron chi connectivity index (χ2n) is 12.8. The van der Waals surface area contributed by atoms with Crippen molar-refractivity contribution in [1.29, 1.82) is 0 Å². The van der Waals surface area contributed by atoms with E-state index in [1.165, 1.54) is 41.7 Å². The molecule has 1 fully saturated rings. The van der Waals surface area contributed by atoms with Crippen molar-refractivity contribution in [2.75, 3.05) is 5.32 Å². The van der Waals surface area contributed by atoms with E-state index in [4.69, 9.17) is 4.74 Å². The van der Waals surface area contributed by atoms with Crippen LogP contribution in [-0.4, -0.2) is 42.0 Å². The summed E-state index contributed by atoms with van der Waals surface area (Å²) in [4.78, 5) is 40.8. The number of nitro groups is 1. The monoisotopic (exact) mass is 706 g/mol. The normalized spacial score (nSPS) is 16.4. The molecule has 3 aromatic carbocycles. The van der Waals surface area contributed by atoms with Crippen molar-refractivity contribution >= 4 is 44.9 Å². The Bertz CT molecular complexity index is 1900. The van der Waals surface area contributed by atoms with Crippen LogP contribution in [0.5, 0.6) is 5.75 Å². The van der Waals surface area contributed by atoms with Crippen LogP contribution in [0.25, 0.3) is 10.4 Å². The highest BCUT2D eigenvalue weighted by Crippen LogP contribution is 2.40. The number of nitro benzene ring substituents is 1. The molecule has 0 spiro atoms. The van der Waals surface area contributed by atoms with E-state index in [0.717, 1.165) is 23.4 Å². The van der Waals surface area contributed by atoms with Crippen LogP contribution in [0.3, 0.4) is 0 Å².